The van der Waals surface area contributed by atoms with Gasteiger partial charge in [0.2, 0.25) is 0 Å². The van der Waals surface area contributed by atoms with Crippen LogP contribution in [0.3, 0.4) is 0 Å². The molecule has 2 atom stereocenters. The van der Waals surface area contributed by atoms with Gasteiger partial charge in [-0.3, -0.25) is 4.90 Å². The molecule has 0 radical (unpaired) electrons. The minimum Gasteiger partial charge on any atom is -0.381 e. The van der Waals surface area contributed by atoms with Crippen molar-refractivity contribution in [1.82, 2.24) is 4.90 Å². The van der Waals surface area contributed by atoms with Gasteiger partial charge in [0.15, 0.2) is 0 Å². The highest BCUT2D eigenvalue weighted by Crippen LogP contribution is 2.29. The lowest BCUT2D eigenvalue weighted by molar-refractivity contribution is 0.158. The Morgan fingerprint density at radius 2 is 1.67 bits per heavy atom. The predicted molar refractivity (Wildman–Crippen MR) is 76.9 cm³/mol. The Hall–Kier alpha value is -1.02. The average molecular weight is 244 g/mol. The summed E-state index contributed by atoms with van der Waals surface area (Å²) in [6.45, 7) is 2.63. The normalized spacial score (nSPS) is 29.3. The Balaban J connectivity index is 1.63. The summed E-state index contributed by atoms with van der Waals surface area (Å²) >= 11 is 0. The van der Waals surface area contributed by atoms with Crippen LogP contribution in [-0.4, -0.2) is 30.1 Å². The highest BCUT2D eigenvalue weighted by Gasteiger charge is 2.32. The van der Waals surface area contributed by atoms with Crippen LogP contribution in [-0.2, 0) is 0 Å². The third kappa shape index (κ3) is 2.69. The quantitative estimate of drug-likeness (QED) is 0.875. The predicted octanol–water partition coefficient (Wildman–Crippen LogP) is 3.51. The molecule has 98 valence electrons. The fraction of sp³-hybridized carbons (Fsp3) is 0.625. The Bertz CT molecular complexity index is 357. The van der Waals surface area contributed by atoms with E-state index in [-0.39, 0.29) is 0 Å². The molecule has 1 aromatic rings. The van der Waals surface area contributed by atoms with Gasteiger partial charge in [-0.25, -0.2) is 0 Å². The molecule has 1 saturated carbocycles. The highest BCUT2D eigenvalue weighted by atomic mass is 15.2. The van der Waals surface area contributed by atoms with Gasteiger partial charge in [0.05, 0.1) is 0 Å². The molecule has 18 heavy (non-hydrogen) atoms. The van der Waals surface area contributed by atoms with Gasteiger partial charge in [0.25, 0.3) is 0 Å². The Labute approximate surface area is 110 Å². The van der Waals surface area contributed by atoms with E-state index < -0.39 is 0 Å². The van der Waals surface area contributed by atoms with Gasteiger partial charge in [-0.2, -0.15) is 0 Å². The Morgan fingerprint density at radius 1 is 0.889 bits per heavy atom. The summed E-state index contributed by atoms with van der Waals surface area (Å²) in [6.07, 6.45) is 8.31. The van der Waals surface area contributed by atoms with E-state index in [0.717, 1.165) is 6.04 Å². The summed E-state index contributed by atoms with van der Waals surface area (Å²) in [7, 11) is 0. The molecule has 1 aliphatic heterocycles. The molecule has 0 bridgehead atoms. The number of likely N-dealkylation sites (tertiary alicyclic amines) is 1. The van der Waals surface area contributed by atoms with Crippen LogP contribution in [0.15, 0.2) is 30.3 Å². The maximum Gasteiger partial charge on any atom is 0.0416 e. The zero-order valence-corrected chi connectivity index (χ0v) is 11.1. The second kappa shape index (κ2) is 5.75. The highest BCUT2D eigenvalue weighted by molar-refractivity contribution is 5.44. The van der Waals surface area contributed by atoms with Crippen molar-refractivity contribution in [2.24, 2.45) is 0 Å². The molecule has 2 aliphatic rings. The van der Waals surface area contributed by atoms with Gasteiger partial charge in [-0.05, 0) is 57.3 Å². The molecule has 2 fully saturated rings. The first-order valence-corrected chi connectivity index (χ1v) is 7.49. The molecule has 1 N–H and O–H groups in total. The molecule has 3 rings (SSSR count). The van der Waals surface area contributed by atoms with Crippen molar-refractivity contribution in [1.29, 1.82) is 0 Å². The molecule has 0 spiro atoms. The zero-order valence-electron chi connectivity index (χ0n) is 11.1. The minimum atomic E-state index is 0.658. The lowest BCUT2D eigenvalue weighted by Crippen LogP contribution is -2.46. The van der Waals surface area contributed by atoms with E-state index in [0.29, 0.717) is 6.04 Å². The van der Waals surface area contributed by atoms with Crippen LogP contribution >= 0.6 is 0 Å². The molecule has 1 aromatic carbocycles. The second-order valence-corrected chi connectivity index (χ2v) is 5.71. The van der Waals surface area contributed by atoms with E-state index >= 15 is 0 Å². The van der Waals surface area contributed by atoms with Crippen molar-refractivity contribution >= 4 is 5.69 Å². The lowest BCUT2D eigenvalue weighted by atomic mass is 10.0. The number of rotatable bonds is 3. The van der Waals surface area contributed by atoms with Crippen LogP contribution in [0.1, 0.15) is 38.5 Å². The van der Waals surface area contributed by atoms with E-state index in [9.17, 15) is 0 Å². The van der Waals surface area contributed by atoms with Gasteiger partial charge in [-0.1, -0.05) is 24.6 Å². The van der Waals surface area contributed by atoms with Gasteiger partial charge >= 0.3 is 0 Å². The zero-order chi connectivity index (χ0) is 12.2. The number of piperidine rings is 1. The average Bonchev–Trinajstić information content (AvgIpc) is 2.89. The molecule has 1 heterocycles. The molecule has 0 amide bonds. The summed E-state index contributed by atoms with van der Waals surface area (Å²) in [5.41, 5.74) is 1.28. The number of anilines is 1. The van der Waals surface area contributed by atoms with Crippen molar-refractivity contribution in [3.05, 3.63) is 30.3 Å². The third-order valence-corrected chi connectivity index (χ3v) is 4.47. The standard InChI is InChI=1S/C16H24N2/c1-3-8-14(9-4-1)17-15-10-7-11-16(15)18-12-5-2-6-13-18/h1,3-4,8-9,15-17H,2,5-7,10-13H2/t15-,16-/m1/s1. The van der Waals surface area contributed by atoms with Crippen molar-refractivity contribution in [2.75, 3.05) is 18.4 Å². The van der Waals surface area contributed by atoms with Crippen LogP contribution in [0, 0.1) is 0 Å². The maximum absolute atomic E-state index is 3.75. The number of hydrogen-bond acceptors (Lipinski definition) is 2. The third-order valence-electron chi connectivity index (χ3n) is 4.47. The fourth-order valence-electron chi connectivity index (χ4n) is 3.54. The van der Waals surface area contributed by atoms with E-state index in [2.05, 4.69) is 40.5 Å². The second-order valence-electron chi connectivity index (χ2n) is 5.71. The largest absolute Gasteiger partial charge is 0.381 e. The van der Waals surface area contributed by atoms with Crippen LogP contribution in [0.5, 0.6) is 0 Å². The first kappa shape index (κ1) is 12.0. The molecule has 1 aliphatic carbocycles. The van der Waals surface area contributed by atoms with Gasteiger partial charge in [0.1, 0.15) is 0 Å². The summed E-state index contributed by atoms with van der Waals surface area (Å²) in [5, 5.41) is 3.75. The van der Waals surface area contributed by atoms with E-state index in [4.69, 9.17) is 0 Å². The molecule has 0 unspecified atom stereocenters. The molecule has 0 aromatic heterocycles. The molecule has 1 saturated heterocycles. The first-order valence-electron chi connectivity index (χ1n) is 7.49. The molecule has 2 nitrogen and oxygen atoms in total. The van der Waals surface area contributed by atoms with Crippen molar-refractivity contribution < 1.29 is 0 Å². The first-order chi connectivity index (χ1) is 8.93. The summed E-state index contributed by atoms with van der Waals surface area (Å²) < 4.78 is 0. The topological polar surface area (TPSA) is 15.3 Å². The van der Waals surface area contributed by atoms with E-state index in [1.807, 2.05) is 0 Å². The number of para-hydroxylation sites is 1. The maximum atomic E-state index is 3.75. The van der Waals surface area contributed by atoms with Gasteiger partial charge < -0.3 is 5.32 Å². The molecular formula is C16H24N2. The molecular weight excluding hydrogens is 220 g/mol. The van der Waals surface area contributed by atoms with E-state index in [1.54, 1.807) is 0 Å². The summed E-state index contributed by atoms with van der Waals surface area (Å²) in [5.74, 6) is 0. The summed E-state index contributed by atoms with van der Waals surface area (Å²) in [4.78, 5) is 2.73. The number of hydrogen-bond donors (Lipinski definition) is 1. The van der Waals surface area contributed by atoms with Gasteiger partial charge in [-0.15, -0.1) is 0 Å². The smallest absolute Gasteiger partial charge is 0.0416 e. The monoisotopic (exact) mass is 244 g/mol. The van der Waals surface area contributed by atoms with Crippen LogP contribution in [0.2, 0.25) is 0 Å². The number of benzene rings is 1. The number of nitrogens with one attached hydrogen (secondary N) is 1. The Kier molecular flexibility index (Phi) is 3.84. The molecule has 2 heteroatoms. The van der Waals surface area contributed by atoms with E-state index in [1.165, 1.54) is 57.3 Å². The van der Waals surface area contributed by atoms with Crippen molar-refractivity contribution in [3.63, 3.8) is 0 Å². The lowest BCUT2D eigenvalue weighted by Gasteiger charge is -2.36. The van der Waals surface area contributed by atoms with Crippen LogP contribution in [0.4, 0.5) is 5.69 Å². The van der Waals surface area contributed by atoms with Crippen LogP contribution in [0.25, 0.3) is 0 Å². The Morgan fingerprint density at radius 3 is 2.44 bits per heavy atom. The van der Waals surface area contributed by atoms with Crippen molar-refractivity contribution in [3.8, 4) is 0 Å². The van der Waals surface area contributed by atoms with Crippen molar-refractivity contribution in [2.45, 2.75) is 50.6 Å². The van der Waals surface area contributed by atoms with Crippen LogP contribution < -0.4 is 5.32 Å². The fourth-order valence-corrected chi connectivity index (χ4v) is 3.54. The minimum absolute atomic E-state index is 0.658. The van der Waals surface area contributed by atoms with Gasteiger partial charge in [0, 0.05) is 17.8 Å². The number of nitrogens with zero attached hydrogens (tertiary/aromatic N) is 1. The SMILES string of the molecule is c1ccc(N[C@@H]2CCC[C@H]2N2CCCCC2)cc1. The summed E-state index contributed by atoms with van der Waals surface area (Å²) in [6, 6.07) is 12.1.